The summed E-state index contributed by atoms with van der Waals surface area (Å²) in [6.07, 6.45) is 3.37. The standard InChI is InChI=1S/C13H23N5O/c1-5-7-10-11(15-6-2)16-8-17-12(10)18-9(3)13(19)14-4/h8-9H,5-7H2,1-4H3,(H,14,19)(H2,15,16,17,18). The fraction of sp³-hybridized carbons (Fsp3) is 0.615. The van der Waals surface area contributed by atoms with Gasteiger partial charge in [0.2, 0.25) is 5.91 Å². The van der Waals surface area contributed by atoms with E-state index in [1.807, 2.05) is 13.8 Å². The summed E-state index contributed by atoms with van der Waals surface area (Å²) in [6.45, 7) is 6.74. The summed E-state index contributed by atoms with van der Waals surface area (Å²) < 4.78 is 0. The van der Waals surface area contributed by atoms with Crippen LogP contribution in [0.15, 0.2) is 6.33 Å². The van der Waals surface area contributed by atoms with E-state index < -0.39 is 0 Å². The fourth-order valence-corrected chi connectivity index (χ4v) is 1.83. The van der Waals surface area contributed by atoms with Gasteiger partial charge < -0.3 is 16.0 Å². The number of nitrogens with zero attached hydrogens (tertiary/aromatic N) is 2. The van der Waals surface area contributed by atoms with Crippen LogP contribution in [-0.2, 0) is 11.2 Å². The predicted molar refractivity (Wildman–Crippen MR) is 77.3 cm³/mol. The molecule has 3 N–H and O–H groups in total. The Kier molecular flexibility index (Phi) is 6.05. The first kappa shape index (κ1) is 15.2. The van der Waals surface area contributed by atoms with Crippen LogP contribution in [-0.4, -0.2) is 35.5 Å². The molecule has 0 bridgehead atoms. The average molecular weight is 265 g/mol. The van der Waals surface area contributed by atoms with Crippen molar-refractivity contribution in [1.82, 2.24) is 15.3 Å². The van der Waals surface area contributed by atoms with E-state index in [2.05, 4.69) is 32.8 Å². The maximum Gasteiger partial charge on any atom is 0.241 e. The summed E-state index contributed by atoms with van der Waals surface area (Å²) in [7, 11) is 1.62. The molecule has 106 valence electrons. The Labute approximate surface area is 114 Å². The van der Waals surface area contributed by atoms with Crippen LogP contribution in [0.25, 0.3) is 0 Å². The highest BCUT2D eigenvalue weighted by Crippen LogP contribution is 2.22. The molecule has 0 spiro atoms. The van der Waals surface area contributed by atoms with Gasteiger partial charge in [-0.1, -0.05) is 13.3 Å². The highest BCUT2D eigenvalue weighted by Gasteiger charge is 2.15. The molecule has 1 amide bonds. The first-order valence-corrected chi connectivity index (χ1v) is 6.69. The number of rotatable bonds is 7. The zero-order chi connectivity index (χ0) is 14.3. The zero-order valence-corrected chi connectivity index (χ0v) is 12.1. The van der Waals surface area contributed by atoms with Crippen LogP contribution < -0.4 is 16.0 Å². The minimum Gasteiger partial charge on any atom is -0.370 e. The highest BCUT2D eigenvalue weighted by atomic mass is 16.2. The molecule has 0 aromatic carbocycles. The Hall–Kier alpha value is -1.85. The maximum absolute atomic E-state index is 11.6. The van der Waals surface area contributed by atoms with Crippen molar-refractivity contribution in [2.45, 2.75) is 39.7 Å². The lowest BCUT2D eigenvalue weighted by Gasteiger charge is -2.17. The molecule has 0 aliphatic heterocycles. The molecular formula is C13H23N5O. The Bertz CT molecular complexity index is 421. The highest BCUT2D eigenvalue weighted by molar-refractivity contribution is 5.84. The van der Waals surface area contributed by atoms with E-state index in [0.717, 1.165) is 36.6 Å². The zero-order valence-electron chi connectivity index (χ0n) is 12.1. The molecule has 19 heavy (non-hydrogen) atoms. The molecule has 0 fully saturated rings. The number of amides is 1. The van der Waals surface area contributed by atoms with Crippen LogP contribution >= 0.6 is 0 Å². The smallest absolute Gasteiger partial charge is 0.241 e. The number of hydrogen-bond donors (Lipinski definition) is 3. The number of nitrogens with one attached hydrogen (secondary N) is 3. The third-order valence-corrected chi connectivity index (χ3v) is 2.78. The summed E-state index contributed by atoms with van der Waals surface area (Å²) >= 11 is 0. The predicted octanol–water partition coefficient (Wildman–Crippen LogP) is 1.41. The number of hydrogen-bond acceptors (Lipinski definition) is 5. The van der Waals surface area contributed by atoms with Crippen LogP contribution in [0.3, 0.4) is 0 Å². The van der Waals surface area contributed by atoms with Gasteiger partial charge in [0.05, 0.1) is 0 Å². The van der Waals surface area contributed by atoms with Gasteiger partial charge >= 0.3 is 0 Å². The molecule has 1 heterocycles. The molecule has 0 aliphatic rings. The molecule has 6 heteroatoms. The van der Waals surface area contributed by atoms with Crippen LogP contribution in [0, 0.1) is 0 Å². The lowest BCUT2D eigenvalue weighted by atomic mass is 10.1. The van der Waals surface area contributed by atoms with Crippen molar-refractivity contribution in [1.29, 1.82) is 0 Å². The van der Waals surface area contributed by atoms with E-state index in [1.54, 1.807) is 7.05 Å². The second-order valence-electron chi connectivity index (χ2n) is 4.31. The normalized spacial score (nSPS) is 11.8. The van der Waals surface area contributed by atoms with Crippen LogP contribution in [0.5, 0.6) is 0 Å². The second-order valence-corrected chi connectivity index (χ2v) is 4.31. The van der Waals surface area contributed by atoms with Gasteiger partial charge in [0.25, 0.3) is 0 Å². The van der Waals surface area contributed by atoms with Crippen molar-refractivity contribution >= 4 is 17.5 Å². The van der Waals surface area contributed by atoms with E-state index in [1.165, 1.54) is 6.33 Å². The van der Waals surface area contributed by atoms with Gasteiger partial charge in [0, 0.05) is 19.2 Å². The molecule has 1 aromatic heterocycles. The molecule has 0 saturated heterocycles. The SMILES string of the molecule is CCCc1c(NCC)ncnc1NC(C)C(=O)NC. The Morgan fingerprint density at radius 2 is 2.00 bits per heavy atom. The van der Waals surface area contributed by atoms with E-state index in [4.69, 9.17) is 0 Å². The van der Waals surface area contributed by atoms with Crippen LogP contribution in [0.4, 0.5) is 11.6 Å². The minimum absolute atomic E-state index is 0.0638. The monoisotopic (exact) mass is 265 g/mol. The van der Waals surface area contributed by atoms with Crippen molar-refractivity contribution in [2.75, 3.05) is 24.2 Å². The first-order chi connectivity index (χ1) is 9.13. The van der Waals surface area contributed by atoms with Crippen LogP contribution in [0.2, 0.25) is 0 Å². The average Bonchev–Trinajstić information content (AvgIpc) is 2.41. The summed E-state index contributed by atoms with van der Waals surface area (Å²) in [6, 6.07) is -0.329. The molecular weight excluding hydrogens is 242 g/mol. The minimum atomic E-state index is -0.329. The second kappa shape index (κ2) is 7.56. The van der Waals surface area contributed by atoms with Crippen LogP contribution in [0.1, 0.15) is 32.8 Å². The Morgan fingerprint density at radius 3 is 2.58 bits per heavy atom. The quantitative estimate of drug-likeness (QED) is 0.694. The van der Waals surface area contributed by atoms with Crippen molar-refractivity contribution in [3.63, 3.8) is 0 Å². The number of anilines is 2. The largest absolute Gasteiger partial charge is 0.370 e. The van der Waals surface area contributed by atoms with Gasteiger partial charge in [-0.3, -0.25) is 4.79 Å². The summed E-state index contributed by atoms with van der Waals surface area (Å²) in [5.74, 6) is 1.50. The summed E-state index contributed by atoms with van der Waals surface area (Å²) in [5.41, 5.74) is 1.03. The van der Waals surface area contributed by atoms with Crippen molar-refractivity contribution < 1.29 is 4.79 Å². The van der Waals surface area contributed by atoms with Crippen molar-refractivity contribution in [3.05, 3.63) is 11.9 Å². The third-order valence-electron chi connectivity index (χ3n) is 2.78. The first-order valence-electron chi connectivity index (χ1n) is 6.69. The Balaban J connectivity index is 2.98. The lowest BCUT2D eigenvalue weighted by Crippen LogP contribution is -2.35. The topological polar surface area (TPSA) is 78.9 Å². The van der Waals surface area contributed by atoms with Gasteiger partial charge in [0.1, 0.15) is 24.0 Å². The van der Waals surface area contributed by atoms with Gasteiger partial charge in [0.15, 0.2) is 0 Å². The molecule has 1 rings (SSSR count). The van der Waals surface area contributed by atoms with Gasteiger partial charge in [-0.2, -0.15) is 0 Å². The van der Waals surface area contributed by atoms with E-state index in [0.29, 0.717) is 0 Å². The number of likely N-dealkylation sites (N-methyl/N-ethyl adjacent to an activating group) is 1. The number of carbonyl (C=O) groups is 1. The molecule has 1 unspecified atom stereocenters. The van der Waals surface area contributed by atoms with E-state index in [9.17, 15) is 4.79 Å². The molecule has 1 atom stereocenters. The Morgan fingerprint density at radius 1 is 1.32 bits per heavy atom. The number of carbonyl (C=O) groups excluding carboxylic acids is 1. The fourth-order valence-electron chi connectivity index (χ4n) is 1.83. The third kappa shape index (κ3) is 4.08. The van der Waals surface area contributed by atoms with Gasteiger partial charge in [-0.25, -0.2) is 9.97 Å². The molecule has 6 nitrogen and oxygen atoms in total. The van der Waals surface area contributed by atoms with E-state index in [-0.39, 0.29) is 11.9 Å². The maximum atomic E-state index is 11.6. The van der Waals surface area contributed by atoms with E-state index >= 15 is 0 Å². The van der Waals surface area contributed by atoms with Gasteiger partial charge in [-0.05, 0) is 20.3 Å². The summed E-state index contributed by atoms with van der Waals surface area (Å²) in [4.78, 5) is 20.1. The molecule has 0 radical (unpaired) electrons. The van der Waals surface area contributed by atoms with Crippen molar-refractivity contribution in [2.24, 2.45) is 0 Å². The van der Waals surface area contributed by atoms with Gasteiger partial charge in [-0.15, -0.1) is 0 Å². The number of aromatic nitrogens is 2. The molecule has 0 aliphatic carbocycles. The molecule has 0 saturated carbocycles. The summed E-state index contributed by atoms with van der Waals surface area (Å²) in [5, 5.41) is 8.98. The van der Waals surface area contributed by atoms with Crippen molar-refractivity contribution in [3.8, 4) is 0 Å². The lowest BCUT2D eigenvalue weighted by molar-refractivity contribution is -0.121. The molecule has 1 aromatic rings.